The summed E-state index contributed by atoms with van der Waals surface area (Å²) in [5.74, 6) is 0.788. The quantitative estimate of drug-likeness (QED) is 0.790. The van der Waals surface area contributed by atoms with Gasteiger partial charge in [-0.15, -0.1) is 0 Å². The fourth-order valence-electron chi connectivity index (χ4n) is 3.14. The molecule has 2 aliphatic carbocycles. The van der Waals surface area contributed by atoms with Crippen molar-refractivity contribution in [3.8, 4) is 0 Å². The third-order valence-electron chi connectivity index (χ3n) is 4.44. The minimum Gasteiger partial charge on any atom is -0.311 e. The topological polar surface area (TPSA) is 58.2 Å². The van der Waals surface area contributed by atoms with Crippen molar-refractivity contribution >= 4 is 10.0 Å². The van der Waals surface area contributed by atoms with E-state index >= 15 is 0 Å². The highest BCUT2D eigenvalue weighted by atomic mass is 32.2. The van der Waals surface area contributed by atoms with E-state index in [1.165, 1.54) is 19.3 Å². The van der Waals surface area contributed by atoms with Crippen LogP contribution in [0.3, 0.4) is 0 Å². The maximum atomic E-state index is 11.9. The maximum Gasteiger partial charge on any atom is 0.212 e. The van der Waals surface area contributed by atoms with Crippen molar-refractivity contribution in [2.45, 2.75) is 56.5 Å². The molecule has 1 heterocycles. The Morgan fingerprint density at radius 2 is 2.00 bits per heavy atom. The molecule has 17 heavy (non-hydrogen) atoms. The Hall–Kier alpha value is -0.130. The summed E-state index contributed by atoms with van der Waals surface area (Å²) in [6, 6.07) is 0.167. The molecule has 0 bridgehead atoms. The van der Waals surface area contributed by atoms with E-state index in [9.17, 15) is 8.42 Å². The molecule has 2 N–H and O–H groups in total. The molecule has 0 amide bonds. The Kier molecular flexibility index (Phi) is 2.96. The van der Waals surface area contributed by atoms with Gasteiger partial charge in [0.25, 0.3) is 0 Å². The van der Waals surface area contributed by atoms with Crippen molar-refractivity contribution in [3.05, 3.63) is 0 Å². The molecule has 2 saturated carbocycles. The maximum absolute atomic E-state index is 11.9. The standard InChI is InChI=1S/C12H22N2O2S/c15-17(16,9-10-2-3-10)14-11-4-7-13-12(8-11)5-1-6-12/h10-11,13-14H,1-9H2. The van der Waals surface area contributed by atoms with Crippen molar-refractivity contribution < 1.29 is 8.42 Å². The average molecular weight is 258 g/mol. The zero-order chi connectivity index (χ0) is 11.9. The largest absolute Gasteiger partial charge is 0.311 e. The first-order valence-corrected chi connectivity index (χ1v) is 8.47. The number of piperidine rings is 1. The molecule has 1 saturated heterocycles. The van der Waals surface area contributed by atoms with Crippen LogP contribution in [0.15, 0.2) is 0 Å². The predicted octanol–water partition coefficient (Wildman–Crippen LogP) is 0.990. The first kappa shape index (κ1) is 11.9. The zero-order valence-electron chi connectivity index (χ0n) is 10.2. The van der Waals surface area contributed by atoms with Crippen LogP contribution in [0.25, 0.3) is 0 Å². The van der Waals surface area contributed by atoms with Crippen LogP contribution >= 0.6 is 0 Å². The lowest BCUT2D eigenvalue weighted by atomic mass is 9.70. The summed E-state index contributed by atoms with van der Waals surface area (Å²) >= 11 is 0. The molecule has 1 aliphatic heterocycles. The van der Waals surface area contributed by atoms with Crippen LogP contribution in [0.4, 0.5) is 0 Å². The summed E-state index contributed by atoms with van der Waals surface area (Å²) in [6.07, 6.45) is 7.83. The van der Waals surface area contributed by atoms with Crippen LogP contribution in [0.1, 0.15) is 44.9 Å². The first-order valence-electron chi connectivity index (χ1n) is 6.82. The van der Waals surface area contributed by atoms with Gasteiger partial charge in [-0.25, -0.2) is 13.1 Å². The molecule has 0 radical (unpaired) electrons. The number of nitrogens with one attached hydrogen (secondary N) is 2. The zero-order valence-corrected chi connectivity index (χ0v) is 11.1. The Balaban J connectivity index is 1.56. The molecule has 3 fully saturated rings. The number of sulfonamides is 1. The van der Waals surface area contributed by atoms with Crippen molar-refractivity contribution in [1.29, 1.82) is 0 Å². The van der Waals surface area contributed by atoms with E-state index < -0.39 is 10.0 Å². The molecule has 1 unspecified atom stereocenters. The highest BCUT2D eigenvalue weighted by Gasteiger charge is 2.42. The molecule has 1 atom stereocenters. The van der Waals surface area contributed by atoms with Gasteiger partial charge in [-0.05, 0) is 57.4 Å². The molecular weight excluding hydrogens is 236 g/mol. The van der Waals surface area contributed by atoms with Crippen molar-refractivity contribution in [2.75, 3.05) is 12.3 Å². The van der Waals surface area contributed by atoms with Crippen LogP contribution in [-0.2, 0) is 10.0 Å². The lowest BCUT2D eigenvalue weighted by Gasteiger charge is -2.48. The second-order valence-electron chi connectivity index (χ2n) is 6.09. The van der Waals surface area contributed by atoms with Crippen LogP contribution < -0.4 is 10.0 Å². The summed E-state index contributed by atoms with van der Waals surface area (Å²) in [7, 11) is -3.03. The van der Waals surface area contributed by atoms with E-state index in [0.29, 0.717) is 11.7 Å². The van der Waals surface area contributed by atoms with Gasteiger partial charge in [0.05, 0.1) is 5.75 Å². The monoisotopic (exact) mass is 258 g/mol. The van der Waals surface area contributed by atoms with Crippen molar-refractivity contribution in [1.82, 2.24) is 10.0 Å². The van der Waals surface area contributed by atoms with Gasteiger partial charge in [0.1, 0.15) is 0 Å². The highest BCUT2D eigenvalue weighted by molar-refractivity contribution is 7.89. The molecule has 98 valence electrons. The van der Waals surface area contributed by atoms with Gasteiger partial charge >= 0.3 is 0 Å². The average Bonchev–Trinajstić information content (AvgIpc) is 2.98. The third-order valence-corrected chi connectivity index (χ3v) is 6.04. The Labute approximate surface area is 104 Å². The second-order valence-corrected chi connectivity index (χ2v) is 7.89. The first-order chi connectivity index (χ1) is 8.07. The van der Waals surface area contributed by atoms with Crippen LogP contribution in [0, 0.1) is 5.92 Å². The molecule has 0 aromatic rings. The summed E-state index contributed by atoms with van der Waals surface area (Å²) in [5.41, 5.74) is 0.269. The van der Waals surface area contributed by atoms with Gasteiger partial charge in [0.2, 0.25) is 10.0 Å². The fourth-order valence-corrected chi connectivity index (χ4v) is 4.90. The molecular formula is C12H22N2O2S. The van der Waals surface area contributed by atoms with Crippen molar-refractivity contribution in [2.24, 2.45) is 5.92 Å². The fraction of sp³-hybridized carbons (Fsp3) is 1.00. The van der Waals surface area contributed by atoms with Crippen LogP contribution in [-0.4, -0.2) is 32.3 Å². The highest BCUT2D eigenvalue weighted by Crippen LogP contribution is 2.38. The molecule has 4 nitrogen and oxygen atoms in total. The number of hydrogen-bond acceptors (Lipinski definition) is 3. The Bertz CT molecular complexity index is 385. The predicted molar refractivity (Wildman–Crippen MR) is 67.3 cm³/mol. The second kappa shape index (κ2) is 4.21. The van der Waals surface area contributed by atoms with Gasteiger partial charge in [0, 0.05) is 11.6 Å². The summed E-state index contributed by atoms with van der Waals surface area (Å²) in [4.78, 5) is 0. The van der Waals surface area contributed by atoms with E-state index in [4.69, 9.17) is 0 Å². The van der Waals surface area contributed by atoms with E-state index in [1.54, 1.807) is 0 Å². The van der Waals surface area contributed by atoms with E-state index in [-0.39, 0.29) is 11.6 Å². The van der Waals surface area contributed by atoms with Gasteiger partial charge in [-0.3, -0.25) is 0 Å². The van der Waals surface area contributed by atoms with Crippen LogP contribution in [0.5, 0.6) is 0 Å². The molecule has 0 aromatic heterocycles. The van der Waals surface area contributed by atoms with E-state index in [0.717, 1.165) is 32.2 Å². The molecule has 3 rings (SSSR count). The van der Waals surface area contributed by atoms with E-state index in [1.807, 2.05) is 0 Å². The third kappa shape index (κ3) is 2.83. The van der Waals surface area contributed by atoms with E-state index in [2.05, 4.69) is 10.0 Å². The summed E-state index contributed by atoms with van der Waals surface area (Å²) in [5, 5.41) is 3.57. The van der Waals surface area contributed by atoms with Crippen molar-refractivity contribution in [3.63, 3.8) is 0 Å². The minimum atomic E-state index is -3.03. The van der Waals surface area contributed by atoms with Gasteiger partial charge in [-0.1, -0.05) is 0 Å². The van der Waals surface area contributed by atoms with Crippen LogP contribution in [0.2, 0.25) is 0 Å². The Morgan fingerprint density at radius 3 is 2.59 bits per heavy atom. The lowest BCUT2D eigenvalue weighted by Crippen LogP contribution is -2.59. The molecule has 1 spiro atoms. The minimum absolute atomic E-state index is 0.167. The van der Waals surface area contributed by atoms with Gasteiger partial charge in [0.15, 0.2) is 0 Å². The number of hydrogen-bond donors (Lipinski definition) is 2. The van der Waals surface area contributed by atoms with Gasteiger partial charge in [-0.2, -0.15) is 0 Å². The summed E-state index contributed by atoms with van der Waals surface area (Å²) in [6.45, 7) is 0.955. The smallest absolute Gasteiger partial charge is 0.212 e. The SMILES string of the molecule is O=S(=O)(CC1CC1)NC1CCNC2(CCC2)C1. The van der Waals surface area contributed by atoms with Gasteiger partial charge < -0.3 is 5.32 Å². The summed E-state index contributed by atoms with van der Waals surface area (Å²) < 4.78 is 26.8. The Morgan fingerprint density at radius 1 is 1.24 bits per heavy atom. The number of rotatable bonds is 4. The molecule has 3 aliphatic rings. The lowest BCUT2D eigenvalue weighted by molar-refractivity contribution is 0.126. The molecule has 0 aromatic carbocycles. The molecule has 5 heteroatoms. The normalized spacial score (nSPS) is 32.4.